The van der Waals surface area contributed by atoms with E-state index in [9.17, 15) is 14.7 Å². The number of benzene rings is 3. The average Bonchev–Trinajstić information content (AvgIpc) is 3.21. The zero-order chi connectivity index (χ0) is 26.2. The normalized spacial score (nSPS) is 17.2. The molecule has 0 unspecified atom stereocenters. The molecule has 3 aromatic rings. The number of ether oxygens (including phenoxy) is 1. The van der Waals surface area contributed by atoms with Gasteiger partial charge in [0.1, 0.15) is 18.2 Å². The van der Waals surface area contributed by atoms with E-state index in [1.165, 1.54) is 5.56 Å². The van der Waals surface area contributed by atoms with Crippen LogP contribution in [0.1, 0.15) is 30.4 Å². The highest BCUT2D eigenvalue weighted by atomic mass is 16.5. The first-order valence-corrected chi connectivity index (χ1v) is 12.6. The van der Waals surface area contributed by atoms with Gasteiger partial charge in [0.2, 0.25) is 5.91 Å². The van der Waals surface area contributed by atoms with Gasteiger partial charge in [0, 0.05) is 19.2 Å². The van der Waals surface area contributed by atoms with Crippen molar-refractivity contribution in [2.45, 2.75) is 31.7 Å². The third-order valence-corrected chi connectivity index (χ3v) is 6.81. The summed E-state index contributed by atoms with van der Waals surface area (Å²) in [7, 11) is 1.67. The predicted octanol–water partition coefficient (Wildman–Crippen LogP) is 3.57. The smallest absolute Gasteiger partial charge is 0.304 e. The van der Waals surface area contributed by atoms with Gasteiger partial charge in [0.05, 0.1) is 18.4 Å². The molecule has 2 atom stereocenters. The van der Waals surface area contributed by atoms with Gasteiger partial charge in [0.15, 0.2) is 0 Å². The number of rotatable bonds is 11. The number of carboxylic acid groups (broad SMARTS) is 1. The number of carboxylic acids is 1. The minimum atomic E-state index is -0.947. The van der Waals surface area contributed by atoms with Crippen LogP contribution in [0.5, 0.6) is 5.75 Å². The molecule has 200 valence electrons. The number of aryl methyl sites for hydroxylation is 1. The van der Waals surface area contributed by atoms with Crippen LogP contribution in [0.2, 0.25) is 0 Å². The molecule has 1 aliphatic rings. The molecule has 1 aliphatic heterocycles. The van der Waals surface area contributed by atoms with Gasteiger partial charge < -0.3 is 26.0 Å². The number of aliphatic imine (C=N–C) groups is 1. The van der Waals surface area contributed by atoms with Gasteiger partial charge in [-0.1, -0.05) is 66.7 Å². The van der Waals surface area contributed by atoms with E-state index < -0.39 is 11.9 Å². The van der Waals surface area contributed by atoms with E-state index in [2.05, 4.69) is 17.1 Å². The van der Waals surface area contributed by atoms with E-state index in [1.54, 1.807) is 7.05 Å². The average molecular weight is 518 g/mol. The second kappa shape index (κ2) is 13.4. The van der Waals surface area contributed by atoms with Crippen molar-refractivity contribution in [2.24, 2.45) is 16.6 Å². The van der Waals surface area contributed by atoms with Crippen LogP contribution in [0, 0.1) is 5.92 Å². The Bertz CT molecular complexity index is 1230. The number of hydrogen-bond donors (Lipinski definition) is 2. The molecule has 8 nitrogen and oxygen atoms in total. The lowest BCUT2D eigenvalue weighted by atomic mass is 10.0. The maximum atomic E-state index is 13.0. The molecule has 0 bridgehead atoms. The van der Waals surface area contributed by atoms with Crippen molar-refractivity contribution >= 4 is 17.7 Å². The van der Waals surface area contributed by atoms with Crippen LogP contribution < -0.4 is 10.5 Å². The SMILES string of the molecule is CN=C(N)c1ccc(-c2ccc(OC[C@@H]3C[C@@H](CC(=O)O)C(=O)N3CCCc3ccccc3)cc2)cc1.O. The van der Waals surface area contributed by atoms with Gasteiger partial charge in [0.25, 0.3) is 0 Å². The van der Waals surface area contributed by atoms with Crippen LogP contribution in [0.25, 0.3) is 11.1 Å². The van der Waals surface area contributed by atoms with Gasteiger partial charge in [-0.05, 0) is 48.1 Å². The Morgan fingerprint density at radius 3 is 2.26 bits per heavy atom. The topological polar surface area (TPSA) is 137 Å². The molecule has 1 fully saturated rings. The Labute approximate surface area is 223 Å². The number of nitrogens with two attached hydrogens (primary N) is 1. The molecule has 1 heterocycles. The number of amides is 1. The summed E-state index contributed by atoms with van der Waals surface area (Å²) >= 11 is 0. The van der Waals surface area contributed by atoms with E-state index in [0.29, 0.717) is 31.2 Å². The third kappa shape index (κ3) is 7.20. The number of amidine groups is 1. The van der Waals surface area contributed by atoms with E-state index in [0.717, 1.165) is 29.5 Å². The molecule has 0 radical (unpaired) electrons. The summed E-state index contributed by atoms with van der Waals surface area (Å²) in [5, 5.41) is 9.26. The van der Waals surface area contributed by atoms with Crippen molar-refractivity contribution in [2.75, 3.05) is 20.2 Å². The fraction of sp³-hybridized carbons (Fsp3) is 0.300. The van der Waals surface area contributed by atoms with Crippen LogP contribution >= 0.6 is 0 Å². The van der Waals surface area contributed by atoms with Crippen molar-refractivity contribution in [3.63, 3.8) is 0 Å². The highest BCUT2D eigenvalue weighted by molar-refractivity contribution is 5.97. The quantitative estimate of drug-likeness (QED) is 0.296. The van der Waals surface area contributed by atoms with Gasteiger partial charge in [-0.15, -0.1) is 0 Å². The molecule has 0 aliphatic carbocycles. The number of hydrogen-bond acceptors (Lipinski definition) is 4. The third-order valence-electron chi connectivity index (χ3n) is 6.81. The maximum absolute atomic E-state index is 13.0. The van der Waals surface area contributed by atoms with E-state index in [1.807, 2.05) is 71.6 Å². The monoisotopic (exact) mass is 517 g/mol. The lowest BCUT2D eigenvalue weighted by molar-refractivity contribution is -0.142. The Morgan fingerprint density at radius 1 is 1.03 bits per heavy atom. The molecule has 0 saturated carbocycles. The molecule has 0 aromatic heterocycles. The first-order valence-electron chi connectivity index (χ1n) is 12.6. The van der Waals surface area contributed by atoms with Crippen LogP contribution in [0.4, 0.5) is 0 Å². The second-order valence-electron chi connectivity index (χ2n) is 9.33. The van der Waals surface area contributed by atoms with Crippen LogP contribution in [0.15, 0.2) is 83.9 Å². The number of likely N-dealkylation sites (tertiary alicyclic amines) is 1. The summed E-state index contributed by atoms with van der Waals surface area (Å²) in [4.78, 5) is 30.1. The van der Waals surface area contributed by atoms with E-state index in [-0.39, 0.29) is 23.8 Å². The molecule has 1 saturated heterocycles. The van der Waals surface area contributed by atoms with Gasteiger partial charge in [-0.3, -0.25) is 14.6 Å². The lowest BCUT2D eigenvalue weighted by Crippen LogP contribution is -2.38. The summed E-state index contributed by atoms with van der Waals surface area (Å²) in [5.74, 6) is -0.324. The van der Waals surface area contributed by atoms with E-state index >= 15 is 0 Å². The summed E-state index contributed by atoms with van der Waals surface area (Å²) in [5.41, 5.74) is 10.1. The highest BCUT2D eigenvalue weighted by Gasteiger charge is 2.40. The second-order valence-corrected chi connectivity index (χ2v) is 9.33. The summed E-state index contributed by atoms with van der Waals surface area (Å²) in [6.07, 6.45) is 2.02. The van der Waals surface area contributed by atoms with Gasteiger partial charge >= 0.3 is 5.97 Å². The summed E-state index contributed by atoms with van der Waals surface area (Å²) in [6, 6.07) is 25.7. The zero-order valence-electron chi connectivity index (χ0n) is 21.5. The predicted molar refractivity (Wildman–Crippen MR) is 148 cm³/mol. The number of aliphatic carboxylic acids is 1. The molecule has 3 aromatic carbocycles. The fourth-order valence-electron chi connectivity index (χ4n) is 4.80. The van der Waals surface area contributed by atoms with E-state index in [4.69, 9.17) is 10.5 Å². The molecular weight excluding hydrogens is 482 g/mol. The molecule has 5 N–H and O–H groups in total. The minimum Gasteiger partial charge on any atom is -0.491 e. The zero-order valence-corrected chi connectivity index (χ0v) is 21.5. The standard InChI is InChI=1S/C30H33N3O4.H2O/c1-32-29(31)24-11-9-22(10-12-24)23-13-15-27(16-14-23)37-20-26-18-25(19-28(34)35)30(36)33(26)17-5-8-21-6-3-2-4-7-21;/h2-4,6-7,9-16,25-26H,5,8,17-20H2,1H3,(H2,31,32)(H,34,35);1H2/t25-,26-;/m0./s1. The Balaban J connectivity index is 0.00000400. The Morgan fingerprint density at radius 2 is 1.66 bits per heavy atom. The van der Waals surface area contributed by atoms with Gasteiger partial charge in [-0.25, -0.2) is 0 Å². The molecule has 0 spiro atoms. The van der Waals surface area contributed by atoms with Crippen molar-refractivity contribution in [3.05, 3.63) is 90.0 Å². The minimum absolute atomic E-state index is 0. The Kier molecular flexibility index (Phi) is 10.0. The van der Waals surface area contributed by atoms with Crippen LogP contribution in [-0.2, 0) is 16.0 Å². The number of nitrogens with zero attached hydrogens (tertiary/aromatic N) is 2. The maximum Gasteiger partial charge on any atom is 0.304 e. The van der Waals surface area contributed by atoms with Crippen molar-refractivity contribution in [1.82, 2.24) is 4.90 Å². The Hall–Kier alpha value is -4.17. The van der Waals surface area contributed by atoms with Crippen LogP contribution in [-0.4, -0.2) is 59.4 Å². The number of carbonyl (C=O) groups is 2. The molecule has 4 rings (SSSR count). The van der Waals surface area contributed by atoms with Crippen LogP contribution in [0.3, 0.4) is 0 Å². The molecule has 38 heavy (non-hydrogen) atoms. The molecular formula is C30H35N3O5. The summed E-state index contributed by atoms with van der Waals surface area (Å²) in [6.45, 7) is 0.914. The molecule has 1 amide bonds. The number of carbonyl (C=O) groups excluding carboxylic acids is 1. The first-order chi connectivity index (χ1) is 17.9. The van der Waals surface area contributed by atoms with Crippen molar-refractivity contribution in [3.8, 4) is 16.9 Å². The largest absolute Gasteiger partial charge is 0.491 e. The highest BCUT2D eigenvalue weighted by Crippen LogP contribution is 2.29. The lowest BCUT2D eigenvalue weighted by Gasteiger charge is -2.25. The van der Waals surface area contributed by atoms with Crippen molar-refractivity contribution in [1.29, 1.82) is 0 Å². The first kappa shape index (κ1) is 28.4. The van der Waals surface area contributed by atoms with Crippen molar-refractivity contribution < 1.29 is 24.9 Å². The molecule has 8 heteroatoms. The fourth-order valence-corrected chi connectivity index (χ4v) is 4.80. The van der Waals surface area contributed by atoms with Gasteiger partial charge in [-0.2, -0.15) is 0 Å². The summed E-state index contributed by atoms with van der Waals surface area (Å²) < 4.78 is 6.07.